The molecule has 3 aromatic rings. The second-order valence-corrected chi connectivity index (χ2v) is 5.49. The molecule has 7 nitrogen and oxygen atoms in total. The number of rotatable bonds is 3. The third-order valence-electron chi connectivity index (χ3n) is 3.40. The lowest BCUT2D eigenvalue weighted by molar-refractivity contribution is 0.251. The lowest BCUT2D eigenvalue weighted by atomic mass is 10.1. The molecule has 9 heteroatoms. The number of carbonyl (C=O) groups excluding carboxylic acids is 1. The minimum Gasteiger partial charge on any atom is -0.456 e. The minimum atomic E-state index is -0.546. The number of hydrogen-bond donors (Lipinski definition) is 3. The number of nitrogens with two attached hydrogens (primary N) is 1. The molecule has 0 radical (unpaired) electrons. The molecule has 0 fully saturated rings. The number of amides is 2. The molecule has 0 bridgehead atoms. The van der Waals surface area contributed by atoms with Crippen molar-refractivity contribution in [1.82, 2.24) is 15.3 Å². The van der Waals surface area contributed by atoms with Gasteiger partial charge in [0.15, 0.2) is 11.4 Å². The van der Waals surface area contributed by atoms with Crippen molar-refractivity contribution in [1.29, 1.82) is 0 Å². The van der Waals surface area contributed by atoms with Crippen LogP contribution in [0.4, 0.5) is 20.8 Å². The molecular formula is C15H13ClFN5O2. The molecule has 3 rings (SSSR count). The van der Waals surface area contributed by atoms with Crippen LogP contribution in [0.2, 0.25) is 5.02 Å². The highest BCUT2D eigenvalue weighted by molar-refractivity contribution is 6.31. The Morgan fingerprint density at radius 3 is 2.79 bits per heavy atom. The van der Waals surface area contributed by atoms with Gasteiger partial charge in [0.1, 0.15) is 5.76 Å². The quantitative estimate of drug-likeness (QED) is 0.673. The fourth-order valence-corrected chi connectivity index (χ4v) is 2.40. The molecule has 24 heavy (non-hydrogen) atoms. The first kappa shape index (κ1) is 16.0. The number of nitrogen functional groups attached to an aromatic ring is 1. The normalized spacial score (nSPS) is 10.8. The number of benzene rings is 1. The first-order chi connectivity index (χ1) is 11.4. The summed E-state index contributed by atoms with van der Waals surface area (Å²) in [7, 11) is 0. The number of nitrogens with zero attached hydrogens (tertiary/aromatic N) is 2. The Morgan fingerprint density at radius 1 is 1.38 bits per heavy atom. The number of carbonyl (C=O) groups is 1. The Morgan fingerprint density at radius 2 is 2.08 bits per heavy atom. The van der Waals surface area contributed by atoms with Crippen LogP contribution in [0.5, 0.6) is 0 Å². The maximum absolute atomic E-state index is 13.9. The van der Waals surface area contributed by atoms with Gasteiger partial charge in [0.2, 0.25) is 5.95 Å². The molecule has 0 aliphatic rings. The van der Waals surface area contributed by atoms with E-state index in [1.165, 1.54) is 18.5 Å². The van der Waals surface area contributed by atoms with Crippen LogP contribution in [-0.4, -0.2) is 16.0 Å². The van der Waals surface area contributed by atoms with E-state index < -0.39 is 11.8 Å². The van der Waals surface area contributed by atoms with Crippen LogP contribution in [0.1, 0.15) is 11.3 Å². The molecule has 0 unspecified atom stereocenters. The van der Waals surface area contributed by atoms with Crippen molar-refractivity contribution in [2.75, 3.05) is 11.1 Å². The van der Waals surface area contributed by atoms with E-state index in [2.05, 4.69) is 20.6 Å². The van der Waals surface area contributed by atoms with Gasteiger partial charge in [-0.3, -0.25) is 0 Å². The zero-order valence-corrected chi connectivity index (χ0v) is 13.3. The second-order valence-electron chi connectivity index (χ2n) is 5.05. The average molecular weight is 350 g/mol. The monoisotopic (exact) mass is 349 g/mol. The van der Waals surface area contributed by atoms with Gasteiger partial charge in [-0.15, -0.1) is 0 Å². The van der Waals surface area contributed by atoms with E-state index >= 15 is 0 Å². The molecule has 0 aliphatic heterocycles. The van der Waals surface area contributed by atoms with E-state index in [1.54, 1.807) is 13.0 Å². The van der Waals surface area contributed by atoms with Gasteiger partial charge < -0.3 is 20.8 Å². The van der Waals surface area contributed by atoms with Gasteiger partial charge >= 0.3 is 6.03 Å². The molecule has 0 saturated carbocycles. The standard InChI is InChI=1S/C15H13ClFN5O2/c1-7-10-2-8(16)3-11(17)13(10)24-12(7)6-21-15(23)22-9-4-19-14(18)20-5-9/h2-5H,6H2,1H3,(H2,18,19,20)(H2,21,22,23). The summed E-state index contributed by atoms with van der Waals surface area (Å²) in [6.07, 6.45) is 2.76. The summed E-state index contributed by atoms with van der Waals surface area (Å²) in [5.74, 6) is 0.00439. The zero-order chi connectivity index (χ0) is 17.3. The highest BCUT2D eigenvalue weighted by atomic mass is 35.5. The first-order valence-corrected chi connectivity index (χ1v) is 7.31. The third-order valence-corrected chi connectivity index (χ3v) is 3.61. The predicted octanol–water partition coefficient (Wildman–Crippen LogP) is 3.23. The number of aryl methyl sites for hydroxylation is 1. The lowest BCUT2D eigenvalue weighted by Gasteiger charge is -2.06. The average Bonchev–Trinajstić information content (AvgIpc) is 2.85. The Kier molecular flexibility index (Phi) is 4.22. The van der Waals surface area contributed by atoms with Crippen molar-refractivity contribution < 1.29 is 13.6 Å². The Bertz CT molecular complexity index is 910. The zero-order valence-electron chi connectivity index (χ0n) is 12.6. The van der Waals surface area contributed by atoms with Crippen LogP contribution in [0.15, 0.2) is 28.9 Å². The molecule has 0 atom stereocenters. The molecule has 2 heterocycles. The van der Waals surface area contributed by atoms with Crippen molar-refractivity contribution in [2.24, 2.45) is 0 Å². The van der Waals surface area contributed by atoms with Gasteiger partial charge in [-0.25, -0.2) is 19.2 Å². The first-order valence-electron chi connectivity index (χ1n) is 6.93. The van der Waals surface area contributed by atoms with Crippen molar-refractivity contribution in [3.05, 3.63) is 46.7 Å². The largest absolute Gasteiger partial charge is 0.456 e. The van der Waals surface area contributed by atoms with E-state index in [0.29, 0.717) is 22.4 Å². The van der Waals surface area contributed by atoms with Crippen molar-refractivity contribution in [2.45, 2.75) is 13.5 Å². The molecule has 2 aromatic heterocycles. The Hall–Kier alpha value is -2.87. The lowest BCUT2D eigenvalue weighted by Crippen LogP contribution is -2.28. The van der Waals surface area contributed by atoms with Gasteiger partial charge in [-0.2, -0.15) is 0 Å². The summed E-state index contributed by atoms with van der Waals surface area (Å²) in [6, 6.07) is 2.31. The number of aromatic nitrogens is 2. The van der Waals surface area contributed by atoms with Gasteiger partial charge in [0, 0.05) is 16.0 Å². The predicted molar refractivity (Wildman–Crippen MR) is 88.2 cm³/mol. The Balaban J connectivity index is 1.71. The van der Waals surface area contributed by atoms with Crippen molar-refractivity contribution >= 4 is 40.2 Å². The molecule has 0 spiro atoms. The number of nitrogens with one attached hydrogen (secondary N) is 2. The van der Waals surface area contributed by atoms with Crippen LogP contribution >= 0.6 is 11.6 Å². The highest BCUT2D eigenvalue weighted by Gasteiger charge is 2.15. The smallest absolute Gasteiger partial charge is 0.319 e. The highest BCUT2D eigenvalue weighted by Crippen LogP contribution is 2.30. The number of halogens is 2. The third kappa shape index (κ3) is 3.23. The van der Waals surface area contributed by atoms with E-state index in [-0.39, 0.29) is 23.1 Å². The van der Waals surface area contributed by atoms with Gasteiger partial charge in [0.25, 0.3) is 0 Å². The number of hydrogen-bond acceptors (Lipinski definition) is 5. The molecule has 4 N–H and O–H groups in total. The summed E-state index contributed by atoms with van der Waals surface area (Å²) >= 11 is 5.85. The molecule has 2 amide bonds. The number of urea groups is 1. The molecule has 0 aliphatic carbocycles. The van der Waals surface area contributed by atoms with Gasteiger partial charge in [0.05, 0.1) is 24.6 Å². The van der Waals surface area contributed by atoms with E-state index in [1.807, 2.05) is 0 Å². The van der Waals surface area contributed by atoms with Crippen LogP contribution < -0.4 is 16.4 Å². The SMILES string of the molecule is Cc1c(CNC(=O)Nc2cnc(N)nc2)oc2c(F)cc(Cl)cc12. The van der Waals surface area contributed by atoms with Crippen LogP contribution in [0.25, 0.3) is 11.0 Å². The molecule has 0 saturated heterocycles. The Labute approximate surface area is 141 Å². The van der Waals surface area contributed by atoms with Crippen LogP contribution in [0.3, 0.4) is 0 Å². The topological polar surface area (TPSA) is 106 Å². The minimum absolute atomic E-state index is 0.0826. The molecular weight excluding hydrogens is 337 g/mol. The number of anilines is 2. The van der Waals surface area contributed by atoms with Crippen LogP contribution in [0, 0.1) is 12.7 Å². The maximum Gasteiger partial charge on any atom is 0.319 e. The van der Waals surface area contributed by atoms with E-state index in [4.69, 9.17) is 21.8 Å². The van der Waals surface area contributed by atoms with Crippen molar-refractivity contribution in [3.63, 3.8) is 0 Å². The van der Waals surface area contributed by atoms with Crippen molar-refractivity contribution in [3.8, 4) is 0 Å². The summed E-state index contributed by atoms with van der Waals surface area (Å²) < 4.78 is 19.3. The maximum atomic E-state index is 13.9. The van der Waals surface area contributed by atoms with Gasteiger partial charge in [-0.1, -0.05) is 11.6 Å². The molecule has 124 valence electrons. The summed E-state index contributed by atoms with van der Waals surface area (Å²) in [4.78, 5) is 19.4. The fraction of sp³-hybridized carbons (Fsp3) is 0.133. The van der Waals surface area contributed by atoms with Gasteiger partial charge in [-0.05, 0) is 19.1 Å². The summed E-state index contributed by atoms with van der Waals surface area (Å²) in [6.45, 7) is 1.85. The summed E-state index contributed by atoms with van der Waals surface area (Å²) in [5.41, 5.74) is 6.58. The van der Waals surface area contributed by atoms with E-state index in [9.17, 15) is 9.18 Å². The van der Waals surface area contributed by atoms with E-state index in [0.717, 1.165) is 0 Å². The van der Waals surface area contributed by atoms with Crippen LogP contribution in [-0.2, 0) is 6.54 Å². The second kappa shape index (κ2) is 6.32. The fourth-order valence-electron chi connectivity index (χ4n) is 2.20. The number of furan rings is 1. The number of fused-ring (bicyclic) bond motifs is 1. The molecule has 1 aromatic carbocycles. The summed E-state index contributed by atoms with van der Waals surface area (Å²) in [5, 5.41) is 6.01.